The van der Waals surface area contributed by atoms with E-state index in [1.54, 1.807) is 6.21 Å². The Kier molecular flexibility index (Phi) is 5.71. The van der Waals surface area contributed by atoms with Crippen LogP contribution < -0.4 is 21.0 Å². The molecule has 0 aromatic heterocycles. The lowest BCUT2D eigenvalue weighted by Gasteiger charge is -2.06. The Hall–Kier alpha value is -1.92. The normalized spacial score (nSPS) is 10.5. The first-order valence-electron chi connectivity index (χ1n) is 6.25. The van der Waals surface area contributed by atoms with Crippen molar-refractivity contribution in [1.29, 1.82) is 0 Å². The number of ether oxygens (including phenoxy) is 1. The van der Waals surface area contributed by atoms with Crippen LogP contribution in [0.5, 0.6) is 5.75 Å². The summed E-state index contributed by atoms with van der Waals surface area (Å²) in [6.07, 6.45) is 1.76. The zero-order valence-electron chi connectivity index (χ0n) is 11.2. The van der Waals surface area contributed by atoms with Gasteiger partial charge in [0.1, 0.15) is 12.4 Å². The maximum Gasteiger partial charge on any atom is 0.221 e. The number of hydrazone groups is 1. The molecule has 0 bridgehead atoms. The van der Waals surface area contributed by atoms with Crippen LogP contribution >= 0.6 is 28.1 Å². The molecule has 0 saturated heterocycles. The first kappa shape index (κ1) is 15.5. The second kappa shape index (κ2) is 7.75. The smallest absolute Gasteiger partial charge is 0.221 e. The first-order chi connectivity index (χ1) is 10.1. The summed E-state index contributed by atoms with van der Waals surface area (Å²) in [6, 6.07) is 15.7. The van der Waals surface area contributed by atoms with Crippen LogP contribution in [0.2, 0.25) is 0 Å². The van der Waals surface area contributed by atoms with Crippen LogP contribution in [0.1, 0.15) is 11.1 Å². The molecule has 0 aliphatic rings. The fourth-order valence-corrected chi connectivity index (χ4v) is 1.96. The second-order valence-electron chi connectivity index (χ2n) is 4.27. The van der Waals surface area contributed by atoms with E-state index >= 15 is 0 Å². The Morgan fingerprint density at radius 2 is 2.05 bits per heavy atom. The predicted octanol–water partition coefficient (Wildman–Crippen LogP) is 1.28. The Labute approximate surface area is 137 Å². The topological polar surface area (TPSA) is 61.2 Å². The van der Waals surface area contributed by atoms with Gasteiger partial charge < -0.3 is 10.5 Å². The lowest BCUT2D eigenvalue weighted by Crippen LogP contribution is -2.82. The van der Waals surface area contributed by atoms with Gasteiger partial charge in [-0.1, -0.05) is 34.1 Å². The van der Waals surface area contributed by atoms with Gasteiger partial charge in [0.05, 0.1) is 0 Å². The van der Waals surface area contributed by atoms with Crippen molar-refractivity contribution < 1.29 is 9.84 Å². The van der Waals surface area contributed by atoms with E-state index in [2.05, 4.69) is 26.5 Å². The number of hydrogen-bond acceptors (Lipinski definition) is 2. The van der Waals surface area contributed by atoms with Gasteiger partial charge in [0.25, 0.3) is 0 Å². The molecule has 21 heavy (non-hydrogen) atoms. The van der Waals surface area contributed by atoms with Crippen molar-refractivity contribution in [2.24, 2.45) is 5.73 Å². The van der Waals surface area contributed by atoms with Crippen LogP contribution in [-0.2, 0) is 6.61 Å². The molecule has 0 radical (unpaired) electrons. The van der Waals surface area contributed by atoms with Crippen LogP contribution in [0, 0.1) is 0 Å². The highest BCUT2D eigenvalue weighted by molar-refractivity contribution is 9.10. The average Bonchev–Trinajstić information content (AvgIpc) is 2.47. The third-order valence-corrected chi connectivity index (χ3v) is 3.24. The zero-order valence-corrected chi connectivity index (χ0v) is 13.6. The number of benzene rings is 2. The number of thiocarbonyl (C=S) groups is 1. The molecule has 0 unspecified atom stereocenters. The standard InChI is InChI=1S/C15H14BrN3OS/c16-13-6-4-11(5-7-13)10-20-14-3-1-2-12(8-14)9-18-19-15(17)21/h1-9H,10H2,(H3,17,19,21)/p+1. The van der Waals surface area contributed by atoms with Crippen molar-refractivity contribution in [2.75, 3.05) is 0 Å². The molecular weight excluding hydrogens is 350 g/mol. The molecule has 4 nitrogen and oxygen atoms in total. The van der Waals surface area contributed by atoms with E-state index in [0.29, 0.717) is 6.61 Å². The number of halogens is 1. The summed E-state index contributed by atoms with van der Waals surface area (Å²) in [5.74, 6) is 0.795. The lowest BCUT2D eigenvalue weighted by molar-refractivity contribution is -0.499. The highest BCUT2D eigenvalue weighted by atomic mass is 79.9. The van der Waals surface area contributed by atoms with E-state index < -0.39 is 0 Å². The van der Waals surface area contributed by atoms with Crippen molar-refractivity contribution in [2.45, 2.75) is 6.61 Å². The maximum atomic E-state index is 5.77. The molecular formula is C15H15BrN3OS+. The fraction of sp³-hybridized carbons (Fsp3) is 0.0667. The summed E-state index contributed by atoms with van der Waals surface area (Å²) in [6.45, 7) is 0.523. The number of hydrazine groups is 1. The Morgan fingerprint density at radius 3 is 2.76 bits per heavy atom. The highest BCUT2D eigenvalue weighted by Gasteiger charge is 1.99. The van der Waals surface area contributed by atoms with Crippen LogP contribution in [-0.4, -0.2) is 11.3 Å². The molecule has 0 fully saturated rings. The van der Waals surface area contributed by atoms with Gasteiger partial charge in [-0.3, -0.25) is 0 Å². The Balaban J connectivity index is 1.96. The van der Waals surface area contributed by atoms with Gasteiger partial charge in [-0.05, 0) is 48.1 Å². The molecule has 0 saturated carbocycles. The Bertz CT molecular complexity index is 644. The van der Waals surface area contributed by atoms with Gasteiger partial charge >= 0.3 is 0 Å². The van der Waals surface area contributed by atoms with E-state index in [1.165, 1.54) is 0 Å². The summed E-state index contributed by atoms with van der Waals surface area (Å²) in [7, 11) is 0. The molecule has 2 aromatic carbocycles. The van der Waals surface area contributed by atoms with Gasteiger partial charge in [-0.2, -0.15) is 0 Å². The molecule has 0 heterocycles. The monoisotopic (exact) mass is 364 g/mol. The molecule has 0 spiro atoms. The minimum atomic E-state index is 0.189. The van der Waals surface area contributed by atoms with E-state index in [9.17, 15) is 0 Å². The van der Waals surface area contributed by atoms with Gasteiger partial charge in [0.2, 0.25) is 5.11 Å². The molecule has 4 N–H and O–H groups in total. The summed E-state index contributed by atoms with van der Waals surface area (Å²) >= 11 is 8.11. The van der Waals surface area contributed by atoms with Crippen molar-refractivity contribution in [1.82, 2.24) is 5.43 Å². The van der Waals surface area contributed by atoms with Gasteiger partial charge in [-0.15, -0.1) is 10.5 Å². The van der Waals surface area contributed by atoms with E-state index in [1.807, 2.05) is 48.5 Å². The molecule has 0 atom stereocenters. The molecule has 2 rings (SSSR count). The van der Waals surface area contributed by atoms with Gasteiger partial charge in [-0.25, -0.2) is 0 Å². The number of nitrogens with one attached hydrogen (secondary N) is 2. The molecule has 2 aromatic rings. The van der Waals surface area contributed by atoms with Crippen LogP contribution in [0.15, 0.2) is 53.0 Å². The summed E-state index contributed by atoms with van der Waals surface area (Å²) in [4.78, 5) is 0. The van der Waals surface area contributed by atoms with Crippen molar-refractivity contribution in [3.63, 3.8) is 0 Å². The van der Waals surface area contributed by atoms with E-state index in [-0.39, 0.29) is 5.11 Å². The number of hydrogen-bond donors (Lipinski definition) is 3. The van der Waals surface area contributed by atoms with E-state index in [0.717, 1.165) is 21.3 Å². The van der Waals surface area contributed by atoms with E-state index in [4.69, 9.17) is 22.7 Å². The molecule has 0 amide bonds. The quantitative estimate of drug-likeness (QED) is 0.424. The molecule has 108 valence electrons. The predicted molar refractivity (Wildman–Crippen MR) is 91.0 cm³/mol. The third-order valence-electron chi connectivity index (χ3n) is 2.61. The van der Waals surface area contributed by atoms with Crippen molar-refractivity contribution >= 4 is 39.5 Å². The molecule has 6 heteroatoms. The van der Waals surface area contributed by atoms with Crippen LogP contribution in [0.25, 0.3) is 0 Å². The zero-order chi connectivity index (χ0) is 15.1. The minimum Gasteiger partial charge on any atom is -0.489 e. The first-order valence-corrected chi connectivity index (χ1v) is 7.45. The SMILES string of the molecule is NC(=S)N[NH+]=Cc1cccc(OCc2ccc(Br)cc2)c1. The molecule has 0 aliphatic heterocycles. The lowest BCUT2D eigenvalue weighted by atomic mass is 10.2. The highest BCUT2D eigenvalue weighted by Crippen LogP contribution is 2.15. The summed E-state index contributed by atoms with van der Waals surface area (Å²) in [5, 5.41) is 3.00. The van der Waals surface area contributed by atoms with Crippen LogP contribution in [0.4, 0.5) is 0 Å². The minimum absolute atomic E-state index is 0.189. The van der Waals surface area contributed by atoms with Gasteiger partial charge in [0.15, 0.2) is 6.21 Å². The van der Waals surface area contributed by atoms with Crippen LogP contribution in [0.3, 0.4) is 0 Å². The second-order valence-corrected chi connectivity index (χ2v) is 5.62. The number of nitrogens with two attached hydrogens (primary N) is 1. The average molecular weight is 365 g/mol. The largest absolute Gasteiger partial charge is 0.489 e. The molecule has 0 aliphatic carbocycles. The maximum absolute atomic E-state index is 5.77. The van der Waals surface area contributed by atoms with Crippen molar-refractivity contribution in [3.8, 4) is 5.75 Å². The summed E-state index contributed by atoms with van der Waals surface area (Å²) < 4.78 is 6.82. The Morgan fingerprint density at radius 1 is 1.29 bits per heavy atom. The fourth-order valence-electron chi connectivity index (χ4n) is 1.63. The summed E-state index contributed by atoms with van der Waals surface area (Å²) in [5.41, 5.74) is 10.0. The van der Waals surface area contributed by atoms with Crippen molar-refractivity contribution in [3.05, 3.63) is 64.1 Å². The number of rotatable bonds is 5. The third kappa shape index (κ3) is 5.53. The van der Waals surface area contributed by atoms with Gasteiger partial charge in [0, 0.05) is 10.0 Å².